The Morgan fingerprint density at radius 2 is 1.71 bits per heavy atom. The summed E-state index contributed by atoms with van der Waals surface area (Å²) in [6, 6.07) is 14.8. The molecule has 5 rings (SSSR count). The van der Waals surface area contributed by atoms with E-state index < -0.39 is 5.82 Å². The predicted molar refractivity (Wildman–Crippen MR) is 102 cm³/mol. The Bertz CT molecular complexity index is 1310. The van der Waals surface area contributed by atoms with Gasteiger partial charge in [0.2, 0.25) is 0 Å². The van der Waals surface area contributed by atoms with Gasteiger partial charge >= 0.3 is 0 Å². The molecule has 0 fully saturated rings. The lowest BCUT2D eigenvalue weighted by Crippen LogP contribution is -2.00. The second-order valence-electron chi connectivity index (χ2n) is 6.53. The number of fused-ring (bicyclic) bond motifs is 4. The molecule has 0 saturated carbocycles. The first-order valence-electron chi connectivity index (χ1n) is 8.59. The maximum absolute atomic E-state index is 14.6. The summed E-state index contributed by atoms with van der Waals surface area (Å²) in [5.74, 6) is -0.853. The molecule has 0 saturated heterocycles. The molecule has 1 aromatic heterocycles. The van der Waals surface area contributed by atoms with E-state index in [9.17, 15) is 19.6 Å². The Morgan fingerprint density at radius 1 is 0.964 bits per heavy atom. The second-order valence-corrected chi connectivity index (χ2v) is 6.53. The van der Waals surface area contributed by atoms with Crippen molar-refractivity contribution in [3.05, 3.63) is 94.4 Å². The summed E-state index contributed by atoms with van der Waals surface area (Å²) in [7, 11) is 0. The van der Waals surface area contributed by atoms with Crippen molar-refractivity contribution >= 4 is 16.9 Å². The Balaban J connectivity index is 1.95. The summed E-state index contributed by atoms with van der Waals surface area (Å²) in [6.07, 6.45) is 2.81. The molecule has 2 aliphatic carbocycles. The third-order valence-electron chi connectivity index (χ3n) is 5.11. The summed E-state index contributed by atoms with van der Waals surface area (Å²) >= 11 is 0. The van der Waals surface area contributed by atoms with Crippen molar-refractivity contribution in [3.8, 4) is 23.1 Å². The Labute approximate surface area is 159 Å². The number of benzene rings is 2. The molecule has 0 atom stereocenters. The number of phenolic OH excluding ortho intramolecular Hbond substituents is 1. The van der Waals surface area contributed by atoms with Crippen LogP contribution in [0.4, 0.5) is 4.39 Å². The number of carbonyl (C=O) groups excluding carboxylic acids is 1. The molecule has 1 heterocycles. The number of nitriles is 1. The molecule has 2 aliphatic rings. The SMILES string of the molecule is N#CC=C1/C(=C2/c3cccnc3-c3c(O)cccc32)C(=O)c2cccc(F)c21. The van der Waals surface area contributed by atoms with E-state index in [0.29, 0.717) is 28.0 Å². The minimum absolute atomic E-state index is 0.0491. The van der Waals surface area contributed by atoms with Crippen LogP contribution in [0.5, 0.6) is 5.75 Å². The van der Waals surface area contributed by atoms with E-state index in [4.69, 9.17) is 0 Å². The van der Waals surface area contributed by atoms with Gasteiger partial charge in [-0.15, -0.1) is 0 Å². The van der Waals surface area contributed by atoms with Crippen molar-refractivity contribution in [1.82, 2.24) is 4.98 Å². The number of nitrogens with zero attached hydrogens (tertiary/aromatic N) is 2. The first kappa shape index (κ1) is 16.2. The fraction of sp³-hybridized carbons (Fsp3) is 0. The molecule has 1 N–H and O–H groups in total. The number of halogens is 1. The van der Waals surface area contributed by atoms with Gasteiger partial charge in [-0.25, -0.2) is 4.39 Å². The lowest BCUT2D eigenvalue weighted by atomic mass is 9.93. The van der Waals surface area contributed by atoms with Gasteiger partial charge in [0, 0.05) is 45.7 Å². The number of aromatic nitrogens is 1. The maximum atomic E-state index is 14.6. The Kier molecular flexibility index (Phi) is 3.31. The van der Waals surface area contributed by atoms with Gasteiger partial charge in [-0.05, 0) is 23.8 Å². The summed E-state index contributed by atoms with van der Waals surface area (Å²) in [5, 5.41) is 19.7. The van der Waals surface area contributed by atoms with Crippen LogP contribution < -0.4 is 0 Å². The van der Waals surface area contributed by atoms with E-state index in [1.54, 1.807) is 42.6 Å². The molecule has 3 aromatic rings. The van der Waals surface area contributed by atoms with Crippen LogP contribution in [0.2, 0.25) is 0 Å². The summed E-state index contributed by atoms with van der Waals surface area (Å²) in [6.45, 7) is 0. The maximum Gasteiger partial charge on any atom is 0.195 e. The van der Waals surface area contributed by atoms with Crippen molar-refractivity contribution in [2.75, 3.05) is 0 Å². The van der Waals surface area contributed by atoms with E-state index in [2.05, 4.69) is 4.98 Å². The highest BCUT2D eigenvalue weighted by Crippen LogP contribution is 2.52. The molecule has 28 heavy (non-hydrogen) atoms. The zero-order valence-corrected chi connectivity index (χ0v) is 14.4. The van der Waals surface area contributed by atoms with Crippen LogP contribution in [0.25, 0.3) is 22.4 Å². The smallest absolute Gasteiger partial charge is 0.195 e. The topological polar surface area (TPSA) is 74.0 Å². The first-order chi connectivity index (χ1) is 13.6. The molecule has 0 radical (unpaired) electrons. The lowest BCUT2D eigenvalue weighted by Gasteiger charge is -2.09. The molecular formula is C23H11FN2O2. The number of phenols is 1. The highest BCUT2D eigenvalue weighted by atomic mass is 19.1. The van der Waals surface area contributed by atoms with Gasteiger partial charge in [-0.2, -0.15) is 5.26 Å². The summed E-state index contributed by atoms with van der Waals surface area (Å²) in [4.78, 5) is 17.6. The van der Waals surface area contributed by atoms with Crippen molar-refractivity contribution in [2.24, 2.45) is 0 Å². The number of ketones is 1. The van der Waals surface area contributed by atoms with Crippen molar-refractivity contribution in [1.29, 1.82) is 5.26 Å². The van der Waals surface area contributed by atoms with E-state index >= 15 is 0 Å². The van der Waals surface area contributed by atoms with Crippen molar-refractivity contribution < 1.29 is 14.3 Å². The highest BCUT2D eigenvalue weighted by Gasteiger charge is 2.39. The Hall–Kier alpha value is -4.04. The average molecular weight is 366 g/mol. The van der Waals surface area contributed by atoms with Crippen LogP contribution in [0.15, 0.2) is 66.4 Å². The van der Waals surface area contributed by atoms with E-state index in [1.165, 1.54) is 18.2 Å². The van der Waals surface area contributed by atoms with Crippen molar-refractivity contribution in [2.45, 2.75) is 0 Å². The van der Waals surface area contributed by atoms with Gasteiger partial charge in [-0.3, -0.25) is 9.78 Å². The molecular weight excluding hydrogens is 355 g/mol. The molecule has 5 heteroatoms. The van der Waals surface area contributed by atoms with Gasteiger partial charge in [-0.1, -0.05) is 30.3 Å². The molecule has 0 amide bonds. The van der Waals surface area contributed by atoms with Crippen molar-refractivity contribution in [3.63, 3.8) is 0 Å². The van der Waals surface area contributed by atoms with Crippen LogP contribution in [-0.2, 0) is 0 Å². The number of aromatic hydroxyl groups is 1. The van der Waals surface area contributed by atoms with E-state index in [-0.39, 0.29) is 33.8 Å². The van der Waals surface area contributed by atoms with Gasteiger partial charge in [0.15, 0.2) is 5.78 Å². The standard InChI is InChI=1S/C23H11FN2O2/c24-16-7-1-5-15-18(16)13(9-10-25)21(23(15)28)19-12-4-2-8-17(27)20(12)22-14(19)6-3-11-26-22/h1-9,11,27H/b13-9?,21-19-. The fourth-order valence-electron chi connectivity index (χ4n) is 4.04. The van der Waals surface area contributed by atoms with Crippen LogP contribution in [0.1, 0.15) is 27.0 Å². The molecule has 4 nitrogen and oxygen atoms in total. The molecule has 0 bridgehead atoms. The largest absolute Gasteiger partial charge is 0.507 e. The predicted octanol–water partition coefficient (Wildman–Crippen LogP) is 4.51. The first-order valence-corrected chi connectivity index (χ1v) is 8.59. The van der Waals surface area contributed by atoms with Gasteiger partial charge in [0.1, 0.15) is 11.6 Å². The summed E-state index contributed by atoms with van der Waals surface area (Å²) < 4.78 is 14.6. The lowest BCUT2D eigenvalue weighted by molar-refractivity contribution is 0.104. The van der Waals surface area contributed by atoms with Gasteiger partial charge < -0.3 is 5.11 Å². The minimum atomic E-state index is -0.552. The number of hydrogen-bond donors (Lipinski definition) is 1. The quantitative estimate of drug-likeness (QED) is 0.367. The van der Waals surface area contributed by atoms with Crippen LogP contribution in [0, 0.1) is 17.1 Å². The monoisotopic (exact) mass is 366 g/mol. The third-order valence-corrected chi connectivity index (χ3v) is 5.11. The number of Topliss-reactive ketones (excluding diaryl/α,β-unsaturated/α-hetero) is 1. The number of hydrogen-bond acceptors (Lipinski definition) is 4. The van der Waals surface area contributed by atoms with Crippen LogP contribution >= 0.6 is 0 Å². The van der Waals surface area contributed by atoms with Crippen LogP contribution in [-0.4, -0.2) is 15.9 Å². The second kappa shape index (κ2) is 5.73. The van der Waals surface area contributed by atoms with E-state index in [1.807, 2.05) is 6.07 Å². The van der Waals surface area contributed by atoms with Gasteiger partial charge in [0.05, 0.1) is 17.3 Å². The highest BCUT2D eigenvalue weighted by molar-refractivity contribution is 6.32. The number of allylic oxidation sites excluding steroid dienone is 3. The summed E-state index contributed by atoms with van der Waals surface area (Å²) in [5.41, 5.74) is 3.80. The average Bonchev–Trinajstić information content (AvgIpc) is 3.16. The molecule has 0 spiro atoms. The molecule has 132 valence electrons. The van der Waals surface area contributed by atoms with Gasteiger partial charge in [0.25, 0.3) is 0 Å². The normalized spacial score (nSPS) is 18.0. The zero-order chi connectivity index (χ0) is 19.4. The minimum Gasteiger partial charge on any atom is -0.507 e. The number of rotatable bonds is 0. The molecule has 0 aliphatic heterocycles. The zero-order valence-electron chi connectivity index (χ0n) is 14.4. The fourth-order valence-corrected chi connectivity index (χ4v) is 4.04. The molecule has 2 aromatic carbocycles. The van der Waals surface area contributed by atoms with E-state index in [0.717, 1.165) is 0 Å². The number of pyridine rings is 1. The number of carbonyl (C=O) groups is 1. The molecule has 0 unspecified atom stereocenters. The Morgan fingerprint density at radius 3 is 2.54 bits per heavy atom. The third kappa shape index (κ3) is 1.97. The van der Waals surface area contributed by atoms with Crippen LogP contribution in [0.3, 0.4) is 0 Å².